The Morgan fingerprint density at radius 1 is 1.04 bits per heavy atom. The number of anilines is 1. The first kappa shape index (κ1) is 16.5. The Morgan fingerprint density at radius 2 is 1.80 bits per heavy atom. The molecule has 6 nitrogen and oxygen atoms in total. The number of rotatable bonds is 4. The quantitative estimate of drug-likeness (QED) is 0.773. The SMILES string of the molecule is O=C(Nc1nnc(-c2ccccc2)o1)c1cccc(OC(F)(F)F)c1. The van der Waals surface area contributed by atoms with E-state index in [1.165, 1.54) is 12.1 Å². The van der Waals surface area contributed by atoms with Crippen LogP contribution in [0.3, 0.4) is 0 Å². The zero-order chi connectivity index (χ0) is 17.9. The summed E-state index contributed by atoms with van der Waals surface area (Å²) in [7, 11) is 0. The van der Waals surface area contributed by atoms with E-state index >= 15 is 0 Å². The molecule has 0 aliphatic heterocycles. The lowest BCUT2D eigenvalue weighted by atomic mass is 10.2. The molecule has 128 valence electrons. The molecular formula is C16H10F3N3O3. The van der Waals surface area contributed by atoms with E-state index in [4.69, 9.17) is 4.42 Å². The van der Waals surface area contributed by atoms with Crippen LogP contribution < -0.4 is 10.1 Å². The lowest BCUT2D eigenvalue weighted by Gasteiger charge is -2.09. The molecule has 1 heterocycles. The summed E-state index contributed by atoms with van der Waals surface area (Å²) in [6.45, 7) is 0. The smallest absolute Gasteiger partial charge is 0.406 e. The Labute approximate surface area is 139 Å². The van der Waals surface area contributed by atoms with Crippen LogP contribution in [0.25, 0.3) is 11.5 Å². The molecule has 0 saturated carbocycles. The highest BCUT2D eigenvalue weighted by molar-refractivity contribution is 6.03. The van der Waals surface area contributed by atoms with Gasteiger partial charge in [-0.2, -0.15) is 0 Å². The van der Waals surface area contributed by atoms with Gasteiger partial charge in [0.15, 0.2) is 0 Å². The molecule has 0 bridgehead atoms. The fourth-order valence-corrected chi connectivity index (χ4v) is 1.97. The number of aromatic nitrogens is 2. The number of benzene rings is 2. The average molecular weight is 349 g/mol. The Bertz CT molecular complexity index is 879. The zero-order valence-corrected chi connectivity index (χ0v) is 12.4. The number of nitrogens with one attached hydrogen (secondary N) is 1. The number of hydrogen-bond donors (Lipinski definition) is 1. The predicted molar refractivity (Wildman–Crippen MR) is 80.8 cm³/mol. The van der Waals surface area contributed by atoms with Gasteiger partial charge in [0, 0.05) is 11.1 Å². The molecule has 0 fully saturated rings. The molecule has 0 saturated heterocycles. The van der Waals surface area contributed by atoms with Crippen molar-refractivity contribution in [2.75, 3.05) is 5.32 Å². The molecule has 0 radical (unpaired) electrons. The van der Waals surface area contributed by atoms with Gasteiger partial charge in [-0.25, -0.2) is 0 Å². The first-order valence-corrected chi connectivity index (χ1v) is 6.97. The lowest BCUT2D eigenvalue weighted by molar-refractivity contribution is -0.274. The molecular weight excluding hydrogens is 339 g/mol. The monoisotopic (exact) mass is 349 g/mol. The van der Waals surface area contributed by atoms with Gasteiger partial charge in [0.25, 0.3) is 5.91 Å². The Morgan fingerprint density at radius 3 is 2.52 bits per heavy atom. The molecule has 0 aliphatic rings. The van der Waals surface area contributed by atoms with Crippen LogP contribution in [0.5, 0.6) is 5.75 Å². The Hall–Kier alpha value is -3.36. The summed E-state index contributed by atoms with van der Waals surface area (Å²) in [5.74, 6) is -1.02. The number of ether oxygens (including phenoxy) is 1. The van der Waals surface area contributed by atoms with E-state index < -0.39 is 18.0 Å². The molecule has 0 atom stereocenters. The van der Waals surface area contributed by atoms with E-state index in [1.54, 1.807) is 24.3 Å². The summed E-state index contributed by atoms with van der Waals surface area (Å²) in [4.78, 5) is 12.1. The molecule has 0 aliphatic carbocycles. The van der Waals surface area contributed by atoms with E-state index in [2.05, 4.69) is 20.3 Å². The van der Waals surface area contributed by atoms with Crippen molar-refractivity contribution in [3.63, 3.8) is 0 Å². The molecule has 3 rings (SSSR count). The molecule has 1 aromatic heterocycles. The van der Waals surface area contributed by atoms with E-state index in [0.717, 1.165) is 12.1 Å². The minimum atomic E-state index is -4.84. The molecule has 25 heavy (non-hydrogen) atoms. The highest BCUT2D eigenvalue weighted by atomic mass is 19.4. The van der Waals surface area contributed by atoms with Crippen molar-refractivity contribution in [2.45, 2.75) is 6.36 Å². The van der Waals surface area contributed by atoms with Crippen molar-refractivity contribution >= 4 is 11.9 Å². The maximum absolute atomic E-state index is 12.2. The van der Waals surface area contributed by atoms with Crippen LogP contribution in [0, 0.1) is 0 Å². The third-order valence-corrected chi connectivity index (χ3v) is 3.00. The number of carbonyl (C=O) groups is 1. The van der Waals surface area contributed by atoms with Gasteiger partial charge in [-0.15, -0.1) is 18.3 Å². The minimum absolute atomic E-state index is 0.0544. The normalized spacial score (nSPS) is 11.2. The molecule has 1 amide bonds. The summed E-state index contributed by atoms with van der Waals surface area (Å²) in [6, 6.07) is 13.3. The van der Waals surface area contributed by atoms with Gasteiger partial charge < -0.3 is 9.15 Å². The van der Waals surface area contributed by atoms with Crippen LogP contribution >= 0.6 is 0 Å². The zero-order valence-electron chi connectivity index (χ0n) is 12.4. The largest absolute Gasteiger partial charge is 0.573 e. The number of alkyl halides is 3. The van der Waals surface area contributed by atoms with Crippen molar-refractivity contribution in [1.29, 1.82) is 0 Å². The second-order valence-electron chi connectivity index (χ2n) is 4.81. The predicted octanol–water partition coefficient (Wildman–Crippen LogP) is 3.89. The molecule has 0 spiro atoms. The Kier molecular flexibility index (Phi) is 4.38. The van der Waals surface area contributed by atoms with Gasteiger partial charge in [0.05, 0.1) is 0 Å². The number of hydrogen-bond acceptors (Lipinski definition) is 5. The third kappa shape index (κ3) is 4.34. The van der Waals surface area contributed by atoms with Gasteiger partial charge in [-0.05, 0) is 30.3 Å². The average Bonchev–Trinajstić information content (AvgIpc) is 3.03. The highest BCUT2D eigenvalue weighted by Crippen LogP contribution is 2.24. The summed E-state index contributed by atoms with van der Waals surface area (Å²) >= 11 is 0. The van der Waals surface area contributed by atoms with Crippen molar-refractivity contribution in [2.24, 2.45) is 0 Å². The summed E-state index contributed by atoms with van der Waals surface area (Å²) in [6.07, 6.45) is -4.84. The summed E-state index contributed by atoms with van der Waals surface area (Å²) in [5.41, 5.74) is 0.609. The van der Waals surface area contributed by atoms with E-state index in [9.17, 15) is 18.0 Å². The number of amides is 1. The first-order chi connectivity index (χ1) is 11.9. The maximum Gasteiger partial charge on any atom is 0.573 e. The molecule has 2 aromatic carbocycles. The standard InChI is InChI=1S/C16H10F3N3O3/c17-16(18,19)25-12-8-4-7-11(9-12)13(23)20-15-22-21-14(24-15)10-5-2-1-3-6-10/h1-9H,(H,20,22,23). The second kappa shape index (κ2) is 6.63. The maximum atomic E-state index is 12.2. The molecule has 0 unspecified atom stereocenters. The van der Waals surface area contributed by atoms with Crippen molar-refractivity contribution in [3.05, 3.63) is 60.2 Å². The second-order valence-corrected chi connectivity index (χ2v) is 4.81. The number of nitrogens with zero attached hydrogens (tertiary/aromatic N) is 2. The van der Waals surface area contributed by atoms with Crippen molar-refractivity contribution in [3.8, 4) is 17.2 Å². The van der Waals surface area contributed by atoms with Crippen LogP contribution in [0.2, 0.25) is 0 Å². The fraction of sp³-hybridized carbons (Fsp3) is 0.0625. The molecule has 9 heteroatoms. The van der Waals surface area contributed by atoms with Gasteiger partial charge >= 0.3 is 12.4 Å². The van der Waals surface area contributed by atoms with Gasteiger partial charge in [0.2, 0.25) is 5.89 Å². The minimum Gasteiger partial charge on any atom is -0.406 e. The van der Waals surface area contributed by atoms with Crippen LogP contribution in [0.1, 0.15) is 10.4 Å². The van der Waals surface area contributed by atoms with Gasteiger partial charge in [-0.1, -0.05) is 29.4 Å². The van der Waals surface area contributed by atoms with Crippen LogP contribution in [0.4, 0.5) is 19.2 Å². The lowest BCUT2D eigenvalue weighted by Crippen LogP contribution is -2.18. The molecule has 3 aromatic rings. The number of halogens is 3. The molecule has 1 N–H and O–H groups in total. The van der Waals surface area contributed by atoms with Crippen molar-refractivity contribution < 1.29 is 27.1 Å². The van der Waals surface area contributed by atoms with Gasteiger partial charge in [-0.3, -0.25) is 10.1 Å². The van der Waals surface area contributed by atoms with E-state index in [1.807, 2.05) is 6.07 Å². The summed E-state index contributed by atoms with van der Waals surface area (Å²) in [5, 5.41) is 9.80. The summed E-state index contributed by atoms with van der Waals surface area (Å²) < 4.78 is 45.8. The fourth-order valence-electron chi connectivity index (χ4n) is 1.97. The van der Waals surface area contributed by atoms with Crippen molar-refractivity contribution in [1.82, 2.24) is 10.2 Å². The van der Waals surface area contributed by atoms with Gasteiger partial charge in [0.1, 0.15) is 5.75 Å². The van der Waals surface area contributed by atoms with Crippen LogP contribution in [-0.4, -0.2) is 22.5 Å². The number of carbonyl (C=O) groups excluding carboxylic acids is 1. The van der Waals surface area contributed by atoms with Crippen LogP contribution in [0.15, 0.2) is 59.0 Å². The van der Waals surface area contributed by atoms with E-state index in [-0.39, 0.29) is 17.5 Å². The topological polar surface area (TPSA) is 77.3 Å². The Balaban J connectivity index is 1.73. The third-order valence-electron chi connectivity index (χ3n) is 3.00. The van der Waals surface area contributed by atoms with E-state index in [0.29, 0.717) is 5.56 Å². The first-order valence-electron chi connectivity index (χ1n) is 6.97. The highest BCUT2D eigenvalue weighted by Gasteiger charge is 2.31. The van der Waals surface area contributed by atoms with Crippen LogP contribution in [-0.2, 0) is 0 Å².